The number of aryl methyl sites for hydroxylation is 1. The third kappa shape index (κ3) is 3.33. The lowest BCUT2D eigenvalue weighted by Gasteiger charge is -2.18. The highest BCUT2D eigenvalue weighted by molar-refractivity contribution is 6.31. The van der Waals surface area contributed by atoms with Crippen molar-refractivity contribution in [3.8, 4) is 5.75 Å². The number of hydrogen-bond acceptors (Lipinski definition) is 2. The van der Waals surface area contributed by atoms with E-state index in [0.717, 1.165) is 16.3 Å². The maximum Gasteiger partial charge on any atom is 0.124 e. The van der Waals surface area contributed by atoms with Crippen LogP contribution in [0.3, 0.4) is 0 Å². The molecule has 0 saturated carbocycles. The molecule has 0 aliphatic rings. The van der Waals surface area contributed by atoms with Crippen LogP contribution in [0.2, 0.25) is 5.02 Å². The first-order valence-corrected chi connectivity index (χ1v) is 7.11. The summed E-state index contributed by atoms with van der Waals surface area (Å²) < 4.78 is 5.36. The van der Waals surface area contributed by atoms with Crippen LogP contribution in [0.5, 0.6) is 5.75 Å². The third-order valence-corrected chi connectivity index (χ3v) is 3.89. The second-order valence-corrected chi connectivity index (χ2v) is 5.29. The Labute approximate surface area is 125 Å². The van der Waals surface area contributed by atoms with Crippen molar-refractivity contribution in [2.24, 2.45) is 0 Å². The fourth-order valence-electron chi connectivity index (χ4n) is 2.34. The fourth-order valence-corrected chi connectivity index (χ4v) is 2.57. The zero-order valence-corrected chi connectivity index (χ0v) is 12.9. The molecule has 0 unspecified atom stereocenters. The predicted molar refractivity (Wildman–Crippen MR) is 84.4 cm³/mol. The van der Waals surface area contributed by atoms with Crippen LogP contribution in [0.1, 0.15) is 29.7 Å². The summed E-state index contributed by atoms with van der Waals surface area (Å²) in [5.74, 6) is 0.821. The molecule has 2 aromatic rings. The van der Waals surface area contributed by atoms with Crippen LogP contribution < -0.4 is 10.1 Å². The van der Waals surface area contributed by atoms with Crippen LogP contribution in [0.4, 0.5) is 0 Å². The van der Waals surface area contributed by atoms with Crippen molar-refractivity contribution < 1.29 is 4.74 Å². The normalized spacial score (nSPS) is 12.2. The average Bonchev–Trinajstić information content (AvgIpc) is 2.46. The number of nitrogens with one attached hydrogen (secondary N) is 1. The Kier molecular flexibility index (Phi) is 5.05. The van der Waals surface area contributed by atoms with Gasteiger partial charge in [-0.15, -0.1) is 0 Å². The van der Waals surface area contributed by atoms with Crippen molar-refractivity contribution in [3.63, 3.8) is 0 Å². The number of hydrogen-bond donors (Lipinski definition) is 1. The topological polar surface area (TPSA) is 21.3 Å². The van der Waals surface area contributed by atoms with Crippen molar-refractivity contribution in [2.45, 2.75) is 26.4 Å². The zero-order valence-electron chi connectivity index (χ0n) is 12.1. The van der Waals surface area contributed by atoms with Gasteiger partial charge >= 0.3 is 0 Å². The molecule has 0 aliphatic carbocycles. The number of halogens is 1. The van der Waals surface area contributed by atoms with E-state index < -0.39 is 0 Å². The van der Waals surface area contributed by atoms with Crippen molar-refractivity contribution in [1.82, 2.24) is 5.32 Å². The number of methoxy groups -OCH3 is 1. The molecule has 0 heterocycles. The van der Waals surface area contributed by atoms with E-state index >= 15 is 0 Å². The van der Waals surface area contributed by atoms with E-state index in [9.17, 15) is 0 Å². The largest absolute Gasteiger partial charge is 0.496 e. The highest BCUT2D eigenvalue weighted by atomic mass is 35.5. The van der Waals surface area contributed by atoms with Gasteiger partial charge in [0.1, 0.15) is 5.75 Å². The highest BCUT2D eigenvalue weighted by Crippen LogP contribution is 2.27. The Hall–Kier alpha value is -1.51. The number of benzene rings is 2. The van der Waals surface area contributed by atoms with E-state index in [-0.39, 0.29) is 6.04 Å². The van der Waals surface area contributed by atoms with Crippen molar-refractivity contribution >= 4 is 11.6 Å². The minimum Gasteiger partial charge on any atom is -0.496 e. The van der Waals surface area contributed by atoms with E-state index in [1.807, 2.05) is 18.2 Å². The van der Waals surface area contributed by atoms with Gasteiger partial charge in [0.15, 0.2) is 0 Å². The Balaban J connectivity index is 2.11. The molecule has 1 atom stereocenters. The monoisotopic (exact) mass is 289 g/mol. The van der Waals surface area contributed by atoms with Crippen LogP contribution in [-0.2, 0) is 6.54 Å². The summed E-state index contributed by atoms with van der Waals surface area (Å²) in [5.41, 5.74) is 3.59. The minimum atomic E-state index is 0.261. The standard InChI is InChI=1S/C17H20ClNO/c1-12-7-4-5-8-14(12)13(2)19-11-15-16(18)9-6-10-17(15)20-3/h4-10,13,19H,11H2,1-3H3/t13-/m1/s1. The lowest BCUT2D eigenvalue weighted by molar-refractivity contribution is 0.406. The molecule has 2 rings (SSSR count). The van der Waals surface area contributed by atoms with E-state index in [2.05, 4.69) is 43.4 Å². The first-order valence-electron chi connectivity index (χ1n) is 6.73. The maximum absolute atomic E-state index is 6.25. The molecule has 0 spiro atoms. The van der Waals surface area contributed by atoms with Crippen molar-refractivity contribution in [3.05, 3.63) is 64.2 Å². The van der Waals surface area contributed by atoms with Gasteiger partial charge in [0.25, 0.3) is 0 Å². The van der Waals surface area contributed by atoms with Crippen LogP contribution in [0.15, 0.2) is 42.5 Å². The first-order chi connectivity index (χ1) is 9.63. The Morgan fingerprint density at radius 1 is 1.15 bits per heavy atom. The quantitative estimate of drug-likeness (QED) is 0.874. The smallest absolute Gasteiger partial charge is 0.124 e. The number of ether oxygens (including phenoxy) is 1. The summed E-state index contributed by atoms with van der Waals surface area (Å²) in [5, 5.41) is 4.24. The van der Waals surface area contributed by atoms with Gasteiger partial charge in [-0.25, -0.2) is 0 Å². The van der Waals surface area contributed by atoms with E-state index in [0.29, 0.717) is 6.54 Å². The molecule has 0 fully saturated rings. The summed E-state index contributed by atoms with van der Waals surface area (Å²) in [6.07, 6.45) is 0. The SMILES string of the molecule is COc1cccc(Cl)c1CN[C@H](C)c1ccccc1C. The van der Waals surface area contributed by atoms with Crippen molar-refractivity contribution in [1.29, 1.82) is 0 Å². The van der Waals surface area contributed by atoms with Gasteiger partial charge in [-0.2, -0.15) is 0 Å². The molecule has 106 valence electrons. The molecule has 20 heavy (non-hydrogen) atoms. The van der Waals surface area contributed by atoms with Gasteiger partial charge in [0.05, 0.1) is 7.11 Å². The lowest BCUT2D eigenvalue weighted by atomic mass is 10.0. The molecular weight excluding hydrogens is 270 g/mol. The molecule has 0 aromatic heterocycles. The Morgan fingerprint density at radius 3 is 2.60 bits per heavy atom. The minimum absolute atomic E-state index is 0.261. The molecular formula is C17H20ClNO. The molecule has 0 radical (unpaired) electrons. The summed E-state index contributed by atoms with van der Waals surface area (Å²) >= 11 is 6.25. The molecule has 3 heteroatoms. The number of rotatable bonds is 5. The highest BCUT2D eigenvalue weighted by Gasteiger charge is 2.11. The van der Waals surface area contributed by atoms with E-state index in [4.69, 9.17) is 16.3 Å². The van der Waals surface area contributed by atoms with Gasteiger partial charge in [0, 0.05) is 23.2 Å². The van der Waals surface area contributed by atoms with Gasteiger partial charge < -0.3 is 10.1 Å². The second kappa shape index (κ2) is 6.78. The summed E-state index contributed by atoms with van der Waals surface area (Å²) in [7, 11) is 1.67. The third-order valence-electron chi connectivity index (χ3n) is 3.54. The molecule has 2 nitrogen and oxygen atoms in total. The van der Waals surface area contributed by atoms with E-state index in [1.54, 1.807) is 7.11 Å². The molecule has 0 bridgehead atoms. The van der Waals surface area contributed by atoms with Gasteiger partial charge in [-0.3, -0.25) is 0 Å². The lowest BCUT2D eigenvalue weighted by Crippen LogP contribution is -2.19. The maximum atomic E-state index is 6.25. The summed E-state index contributed by atoms with van der Waals surface area (Å²) in [6, 6.07) is 14.4. The molecule has 0 saturated heterocycles. The molecule has 0 amide bonds. The Bertz CT molecular complexity index is 583. The van der Waals surface area contributed by atoms with Crippen molar-refractivity contribution in [2.75, 3.05) is 7.11 Å². The van der Waals surface area contributed by atoms with Gasteiger partial charge in [0.2, 0.25) is 0 Å². The van der Waals surface area contributed by atoms with Gasteiger partial charge in [-0.05, 0) is 37.1 Å². The first kappa shape index (κ1) is 14.9. The molecule has 0 aliphatic heterocycles. The Morgan fingerprint density at radius 2 is 1.90 bits per heavy atom. The molecule has 1 N–H and O–H groups in total. The fraction of sp³-hybridized carbons (Fsp3) is 0.294. The summed E-state index contributed by atoms with van der Waals surface area (Å²) in [6.45, 7) is 4.97. The van der Waals surface area contributed by atoms with Crippen LogP contribution in [-0.4, -0.2) is 7.11 Å². The van der Waals surface area contributed by atoms with Crippen LogP contribution >= 0.6 is 11.6 Å². The van der Waals surface area contributed by atoms with Gasteiger partial charge in [-0.1, -0.05) is 41.9 Å². The second-order valence-electron chi connectivity index (χ2n) is 4.88. The average molecular weight is 290 g/mol. The predicted octanol–water partition coefficient (Wildman–Crippen LogP) is 4.51. The van der Waals surface area contributed by atoms with Crippen LogP contribution in [0.25, 0.3) is 0 Å². The zero-order chi connectivity index (χ0) is 14.5. The molecule has 2 aromatic carbocycles. The van der Waals surface area contributed by atoms with Crippen LogP contribution in [0, 0.1) is 6.92 Å². The van der Waals surface area contributed by atoms with E-state index in [1.165, 1.54) is 11.1 Å². The summed E-state index contributed by atoms with van der Waals surface area (Å²) in [4.78, 5) is 0.